The Morgan fingerprint density at radius 3 is 2.79 bits per heavy atom. The smallest absolute Gasteiger partial charge is 0.343 e. The number of piperidine rings is 2. The number of carbonyl (C=O) groups excluding carboxylic acids is 1. The van der Waals surface area contributed by atoms with Crippen molar-refractivity contribution in [3.8, 4) is 0 Å². The zero-order valence-electron chi connectivity index (χ0n) is 13.3. The van der Waals surface area contributed by atoms with Crippen LogP contribution in [-0.2, 0) is 4.79 Å². The van der Waals surface area contributed by atoms with Crippen molar-refractivity contribution >= 4 is 5.91 Å². The van der Waals surface area contributed by atoms with Crippen LogP contribution in [0.1, 0.15) is 44.0 Å². The van der Waals surface area contributed by atoms with Gasteiger partial charge in [0.1, 0.15) is 0 Å². The molecule has 0 saturated carbocycles. The van der Waals surface area contributed by atoms with E-state index < -0.39 is 18.6 Å². The average molecular weight is 346 g/mol. The number of hydrogen-bond acceptors (Lipinski definition) is 5. The molecule has 1 aromatic heterocycles. The van der Waals surface area contributed by atoms with Crippen LogP contribution in [-0.4, -0.2) is 58.2 Å². The lowest BCUT2D eigenvalue weighted by Crippen LogP contribution is -2.49. The number of halogens is 3. The van der Waals surface area contributed by atoms with Crippen molar-refractivity contribution in [2.45, 2.75) is 44.3 Å². The number of rotatable bonds is 3. The molecule has 0 bridgehead atoms. The fraction of sp³-hybridized carbons (Fsp3) is 0.800. The summed E-state index contributed by atoms with van der Waals surface area (Å²) in [6.07, 6.45) is 0.842. The highest BCUT2D eigenvalue weighted by molar-refractivity contribution is 5.79. The summed E-state index contributed by atoms with van der Waals surface area (Å²) in [7, 11) is 0. The number of hydrogen-bond donors (Lipinski definition) is 0. The number of alkyl halides is 3. The molecule has 0 radical (unpaired) electrons. The predicted octanol–water partition coefficient (Wildman–Crippen LogP) is 2.40. The second-order valence-corrected chi connectivity index (χ2v) is 6.52. The molecule has 1 aromatic rings. The summed E-state index contributed by atoms with van der Waals surface area (Å²) in [4.78, 5) is 20.0. The van der Waals surface area contributed by atoms with Gasteiger partial charge in [-0.15, -0.1) is 0 Å². The van der Waals surface area contributed by atoms with Crippen molar-refractivity contribution in [1.82, 2.24) is 19.9 Å². The fourth-order valence-corrected chi connectivity index (χ4v) is 3.68. The molecule has 134 valence electrons. The van der Waals surface area contributed by atoms with Crippen molar-refractivity contribution in [3.63, 3.8) is 0 Å². The van der Waals surface area contributed by atoms with Gasteiger partial charge in [0.25, 0.3) is 0 Å². The van der Waals surface area contributed by atoms with Gasteiger partial charge in [-0.2, -0.15) is 18.2 Å². The van der Waals surface area contributed by atoms with Crippen LogP contribution in [0, 0.1) is 5.92 Å². The minimum Gasteiger partial charge on any atom is -0.343 e. The van der Waals surface area contributed by atoms with Crippen LogP contribution in [0.4, 0.5) is 13.2 Å². The van der Waals surface area contributed by atoms with Gasteiger partial charge in [-0.25, -0.2) is 0 Å². The maximum absolute atomic E-state index is 12.9. The van der Waals surface area contributed by atoms with Gasteiger partial charge in [0.15, 0.2) is 5.82 Å². The van der Waals surface area contributed by atoms with Gasteiger partial charge in [-0.05, 0) is 38.6 Å². The molecule has 3 heterocycles. The number of nitrogens with zero attached hydrogens (tertiary/aromatic N) is 4. The molecule has 2 fully saturated rings. The van der Waals surface area contributed by atoms with E-state index in [-0.39, 0.29) is 18.5 Å². The molecule has 9 heteroatoms. The van der Waals surface area contributed by atoms with Crippen LogP contribution in [0.15, 0.2) is 10.9 Å². The Morgan fingerprint density at radius 2 is 2.08 bits per heavy atom. The lowest BCUT2D eigenvalue weighted by atomic mass is 9.93. The molecule has 0 spiro atoms. The summed E-state index contributed by atoms with van der Waals surface area (Å²) in [6, 6.07) is -0.233. The van der Waals surface area contributed by atoms with E-state index in [0.29, 0.717) is 31.8 Å². The molecule has 2 aliphatic rings. The van der Waals surface area contributed by atoms with Gasteiger partial charge >= 0.3 is 6.18 Å². The maximum Gasteiger partial charge on any atom is 0.401 e. The summed E-state index contributed by atoms with van der Waals surface area (Å²) in [5.74, 6) is -0.00372. The van der Waals surface area contributed by atoms with Crippen LogP contribution in [0.3, 0.4) is 0 Å². The molecule has 24 heavy (non-hydrogen) atoms. The van der Waals surface area contributed by atoms with Gasteiger partial charge in [-0.1, -0.05) is 5.16 Å². The van der Waals surface area contributed by atoms with Gasteiger partial charge in [0.2, 0.25) is 12.3 Å². The molecule has 2 saturated heterocycles. The van der Waals surface area contributed by atoms with E-state index in [2.05, 4.69) is 10.1 Å². The van der Waals surface area contributed by atoms with Crippen molar-refractivity contribution in [2.75, 3.05) is 26.2 Å². The topological polar surface area (TPSA) is 62.5 Å². The minimum atomic E-state index is -4.23. The number of likely N-dealkylation sites (tertiary alicyclic amines) is 2. The Balaban J connectivity index is 1.67. The molecular formula is C15H21F3N4O2. The molecule has 2 aliphatic heterocycles. The van der Waals surface area contributed by atoms with Gasteiger partial charge in [0, 0.05) is 13.1 Å². The highest BCUT2D eigenvalue weighted by Gasteiger charge is 2.38. The molecule has 3 rings (SSSR count). The van der Waals surface area contributed by atoms with Crippen LogP contribution < -0.4 is 0 Å². The quantitative estimate of drug-likeness (QED) is 0.841. The summed E-state index contributed by atoms with van der Waals surface area (Å²) >= 11 is 0. The van der Waals surface area contributed by atoms with E-state index in [1.54, 1.807) is 4.90 Å². The Hall–Kier alpha value is -1.64. The van der Waals surface area contributed by atoms with E-state index in [0.717, 1.165) is 19.3 Å². The number of amides is 1. The number of carbonyl (C=O) groups is 1. The molecule has 2 atom stereocenters. The van der Waals surface area contributed by atoms with Crippen molar-refractivity contribution < 1.29 is 22.5 Å². The second-order valence-electron chi connectivity index (χ2n) is 6.52. The van der Waals surface area contributed by atoms with Crippen molar-refractivity contribution in [3.05, 3.63) is 12.2 Å². The molecule has 2 unspecified atom stereocenters. The van der Waals surface area contributed by atoms with Crippen LogP contribution in [0.2, 0.25) is 0 Å². The standard InChI is InChI=1S/C15H21F3N4O2/c16-15(17,18)9-21-6-3-4-11(8-21)14(23)22-7-2-1-5-12(22)13-19-10-24-20-13/h10-12H,1-9H2. The summed E-state index contributed by atoms with van der Waals surface area (Å²) in [5.41, 5.74) is 0. The third-order valence-electron chi connectivity index (χ3n) is 4.72. The molecule has 0 N–H and O–H groups in total. The second kappa shape index (κ2) is 7.08. The molecule has 0 aromatic carbocycles. The predicted molar refractivity (Wildman–Crippen MR) is 77.8 cm³/mol. The zero-order chi connectivity index (χ0) is 17.2. The summed E-state index contributed by atoms with van der Waals surface area (Å²) < 4.78 is 42.6. The lowest BCUT2D eigenvalue weighted by molar-refractivity contribution is -0.156. The van der Waals surface area contributed by atoms with Crippen LogP contribution in [0.5, 0.6) is 0 Å². The van der Waals surface area contributed by atoms with Crippen molar-refractivity contribution in [1.29, 1.82) is 0 Å². The largest absolute Gasteiger partial charge is 0.401 e. The lowest BCUT2D eigenvalue weighted by Gasteiger charge is -2.39. The molecule has 1 amide bonds. The third-order valence-corrected chi connectivity index (χ3v) is 4.72. The van der Waals surface area contributed by atoms with E-state index in [1.165, 1.54) is 11.3 Å². The van der Waals surface area contributed by atoms with Gasteiger partial charge < -0.3 is 9.42 Å². The minimum absolute atomic E-state index is 0.0867. The summed E-state index contributed by atoms with van der Waals surface area (Å²) in [6.45, 7) is 0.185. The third kappa shape index (κ3) is 4.06. The molecule has 0 aliphatic carbocycles. The Morgan fingerprint density at radius 1 is 1.25 bits per heavy atom. The zero-order valence-corrected chi connectivity index (χ0v) is 13.3. The first-order chi connectivity index (χ1) is 11.4. The van der Waals surface area contributed by atoms with Gasteiger partial charge in [-0.3, -0.25) is 9.69 Å². The van der Waals surface area contributed by atoms with Crippen molar-refractivity contribution in [2.24, 2.45) is 5.92 Å². The first-order valence-corrected chi connectivity index (χ1v) is 8.30. The van der Waals surface area contributed by atoms with E-state index in [4.69, 9.17) is 4.52 Å². The van der Waals surface area contributed by atoms with Crippen LogP contribution in [0.25, 0.3) is 0 Å². The Kier molecular flexibility index (Phi) is 5.07. The highest BCUT2D eigenvalue weighted by Crippen LogP contribution is 2.32. The van der Waals surface area contributed by atoms with Crippen LogP contribution >= 0.6 is 0 Å². The first-order valence-electron chi connectivity index (χ1n) is 8.30. The van der Waals surface area contributed by atoms with E-state index in [9.17, 15) is 18.0 Å². The highest BCUT2D eigenvalue weighted by atomic mass is 19.4. The first kappa shape index (κ1) is 17.2. The van der Waals surface area contributed by atoms with E-state index >= 15 is 0 Å². The summed E-state index contributed by atoms with van der Waals surface area (Å²) in [5, 5.41) is 3.84. The molecule has 6 nitrogen and oxygen atoms in total. The normalized spacial score (nSPS) is 26.5. The maximum atomic E-state index is 12.9. The SMILES string of the molecule is O=C(C1CCCN(CC(F)(F)F)C1)N1CCCCC1c1ncon1. The molecular weight excluding hydrogens is 325 g/mol. The number of aromatic nitrogens is 2. The Bertz CT molecular complexity index is 549. The van der Waals surface area contributed by atoms with Gasteiger partial charge in [0.05, 0.1) is 18.5 Å². The monoisotopic (exact) mass is 346 g/mol. The fourth-order valence-electron chi connectivity index (χ4n) is 3.68. The average Bonchev–Trinajstić information content (AvgIpc) is 3.07. The van der Waals surface area contributed by atoms with E-state index in [1.807, 2.05) is 0 Å². The Labute approximate surface area is 138 Å².